The second kappa shape index (κ2) is 7.73. The van der Waals surface area contributed by atoms with Crippen LogP contribution in [-0.4, -0.2) is 22.8 Å². The Morgan fingerprint density at radius 3 is 2.57 bits per heavy atom. The number of carboxylic acids is 1. The molecule has 4 nitrogen and oxygen atoms in total. The monoisotopic (exact) mass is 398 g/mol. The summed E-state index contributed by atoms with van der Waals surface area (Å²) >= 11 is 6.29. The van der Waals surface area contributed by atoms with Gasteiger partial charge in [0, 0.05) is 23.1 Å². The Hall–Kier alpha value is -2.71. The quantitative estimate of drug-likeness (QED) is 0.797. The lowest BCUT2D eigenvalue weighted by Gasteiger charge is -2.44. The van der Waals surface area contributed by atoms with Crippen molar-refractivity contribution in [1.29, 1.82) is 5.26 Å². The molecule has 0 fully saturated rings. The minimum absolute atomic E-state index is 0.117. The first-order valence-electron chi connectivity index (χ1n) is 8.97. The molecule has 1 N–H and O–H groups in total. The SMILES string of the molecule is CC1N=C(Cc2ccccc2)C(C#N)C(c2ccc(F)cc2Cl)C1(C)C(=O)O. The molecule has 1 heterocycles. The van der Waals surface area contributed by atoms with Crippen molar-refractivity contribution in [2.75, 3.05) is 0 Å². The number of hydrogen-bond acceptors (Lipinski definition) is 3. The Morgan fingerprint density at radius 2 is 2.00 bits per heavy atom. The Balaban J connectivity index is 2.16. The maximum absolute atomic E-state index is 13.6. The largest absolute Gasteiger partial charge is 0.481 e. The fourth-order valence-electron chi connectivity index (χ4n) is 3.94. The van der Waals surface area contributed by atoms with Crippen LogP contribution in [0.5, 0.6) is 0 Å². The van der Waals surface area contributed by atoms with Crippen molar-refractivity contribution in [3.63, 3.8) is 0 Å². The summed E-state index contributed by atoms with van der Waals surface area (Å²) in [7, 11) is 0. The van der Waals surface area contributed by atoms with E-state index in [4.69, 9.17) is 11.6 Å². The van der Waals surface area contributed by atoms with Crippen LogP contribution in [0.1, 0.15) is 30.9 Å². The predicted molar refractivity (Wildman–Crippen MR) is 106 cm³/mol. The summed E-state index contributed by atoms with van der Waals surface area (Å²) in [5.74, 6) is -3.12. The van der Waals surface area contributed by atoms with Crippen LogP contribution in [0, 0.1) is 28.5 Å². The van der Waals surface area contributed by atoms with Crippen LogP contribution in [0.25, 0.3) is 0 Å². The molecule has 0 bridgehead atoms. The lowest BCUT2D eigenvalue weighted by molar-refractivity contribution is -0.151. The highest BCUT2D eigenvalue weighted by Crippen LogP contribution is 2.50. The van der Waals surface area contributed by atoms with E-state index in [1.807, 2.05) is 30.3 Å². The summed E-state index contributed by atoms with van der Waals surface area (Å²) in [5, 5.41) is 20.1. The van der Waals surface area contributed by atoms with Gasteiger partial charge in [-0.2, -0.15) is 5.26 Å². The average molecular weight is 399 g/mol. The molecule has 2 aromatic rings. The topological polar surface area (TPSA) is 73.5 Å². The van der Waals surface area contributed by atoms with Gasteiger partial charge in [-0.3, -0.25) is 9.79 Å². The smallest absolute Gasteiger partial charge is 0.312 e. The van der Waals surface area contributed by atoms with Gasteiger partial charge in [-0.05, 0) is 37.1 Å². The van der Waals surface area contributed by atoms with Gasteiger partial charge in [-0.1, -0.05) is 48.0 Å². The second-order valence-electron chi connectivity index (χ2n) is 7.30. The fourth-order valence-corrected chi connectivity index (χ4v) is 4.22. The van der Waals surface area contributed by atoms with Crippen molar-refractivity contribution >= 4 is 23.3 Å². The zero-order chi connectivity index (χ0) is 20.5. The van der Waals surface area contributed by atoms with Crippen molar-refractivity contribution < 1.29 is 14.3 Å². The molecule has 0 saturated carbocycles. The molecule has 0 radical (unpaired) electrons. The fraction of sp³-hybridized carbons (Fsp3) is 0.318. The highest BCUT2D eigenvalue weighted by molar-refractivity contribution is 6.31. The summed E-state index contributed by atoms with van der Waals surface area (Å²) in [6.45, 7) is 3.31. The summed E-state index contributed by atoms with van der Waals surface area (Å²) in [4.78, 5) is 16.9. The van der Waals surface area contributed by atoms with Gasteiger partial charge in [-0.15, -0.1) is 0 Å². The van der Waals surface area contributed by atoms with Crippen molar-refractivity contribution in [3.8, 4) is 6.07 Å². The van der Waals surface area contributed by atoms with Crippen LogP contribution < -0.4 is 0 Å². The molecule has 0 aromatic heterocycles. The number of aliphatic imine (C=N–C) groups is 1. The van der Waals surface area contributed by atoms with Crippen LogP contribution in [0.4, 0.5) is 4.39 Å². The summed E-state index contributed by atoms with van der Waals surface area (Å²) in [6.07, 6.45) is 0.439. The number of halogens is 2. The van der Waals surface area contributed by atoms with Gasteiger partial charge in [0.1, 0.15) is 5.82 Å². The van der Waals surface area contributed by atoms with Gasteiger partial charge in [0.05, 0.1) is 23.4 Å². The average Bonchev–Trinajstić information content (AvgIpc) is 2.65. The van der Waals surface area contributed by atoms with E-state index >= 15 is 0 Å². The predicted octanol–water partition coefficient (Wildman–Crippen LogP) is 4.88. The van der Waals surface area contributed by atoms with Gasteiger partial charge < -0.3 is 5.11 Å². The molecule has 0 spiro atoms. The molecule has 1 aliphatic heterocycles. The Morgan fingerprint density at radius 1 is 1.32 bits per heavy atom. The molecule has 2 aromatic carbocycles. The minimum atomic E-state index is -1.36. The van der Waals surface area contributed by atoms with Crippen molar-refractivity contribution in [1.82, 2.24) is 0 Å². The van der Waals surface area contributed by atoms with Gasteiger partial charge in [0.2, 0.25) is 0 Å². The number of benzene rings is 2. The number of rotatable bonds is 4. The zero-order valence-electron chi connectivity index (χ0n) is 15.6. The molecule has 0 aliphatic carbocycles. The highest BCUT2D eigenvalue weighted by atomic mass is 35.5. The van der Waals surface area contributed by atoms with Crippen LogP contribution >= 0.6 is 11.6 Å². The molecular weight excluding hydrogens is 379 g/mol. The summed E-state index contributed by atoms with van der Waals surface area (Å²) < 4.78 is 13.6. The first kappa shape index (κ1) is 20.0. The van der Waals surface area contributed by atoms with E-state index in [1.165, 1.54) is 12.1 Å². The number of hydrogen-bond donors (Lipinski definition) is 1. The number of carbonyl (C=O) groups is 1. The van der Waals surface area contributed by atoms with Crippen LogP contribution in [-0.2, 0) is 11.2 Å². The maximum atomic E-state index is 13.6. The zero-order valence-corrected chi connectivity index (χ0v) is 16.3. The third-order valence-corrected chi connectivity index (χ3v) is 6.02. The number of carboxylic acid groups (broad SMARTS) is 1. The molecule has 1 aliphatic rings. The number of nitrogens with zero attached hydrogens (tertiary/aromatic N) is 2. The molecule has 3 rings (SSSR count). The second-order valence-corrected chi connectivity index (χ2v) is 7.70. The van der Waals surface area contributed by atoms with E-state index < -0.39 is 35.1 Å². The molecule has 4 unspecified atom stereocenters. The van der Waals surface area contributed by atoms with Crippen molar-refractivity contribution in [3.05, 3.63) is 70.5 Å². The van der Waals surface area contributed by atoms with Crippen LogP contribution in [0.3, 0.4) is 0 Å². The van der Waals surface area contributed by atoms with E-state index in [-0.39, 0.29) is 5.02 Å². The molecule has 28 heavy (non-hydrogen) atoms. The van der Waals surface area contributed by atoms with Gasteiger partial charge >= 0.3 is 5.97 Å². The third kappa shape index (κ3) is 3.41. The van der Waals surface area contributed by atoms with Crippen molar-refractivity contribution in [2.24, 2.45) is 16.3 Å². The third-order valence-electron chi connectivity index (χ3n) is 5.69. The van der Waals surface area contributed by atoms with Gasteiger partial charge in [0.15, 0.2) is 0 Å². The molecule has 4 atom stereocenters. The molecule has 6 heteroatoms. The molecule has 0 amide bonds. The number of nitriles is 1. The molecule has 0 saturated heterocycles. The number of aliphatic carboxylic acids is 1. The summed E-state index contributed by atoms with van der Waals surface area (Å²) in [6, 6.07) is 15.1. The van der Waals surface area contributed by atoms with E-state index in [1.54, 1.807) is 13.8 Å². The van der Waals surface area contributed by atoms with Gasteiger partial charge in [0.25, 0.3) is 0 Å². The minimum Gasteiger partial charge on any atom is -0.481 e. The Labute approximate surface area is 168 Å². The molecule has 144 valence electrons. The Kier molecular flexibility index (Phi) is 5.53. The van der Waals surface area contributed by atoms with Crippen LogP contribution in [0.15, 0.2) is 53.5 Å². The molecular formula is C22H20ClFN2O2. The van der Waals surface area contributed by atoms with E-state index in [9.17, 15) is 19.6 Å². The first-order valence-corrected chi connectivity index (χ1v) is 9.35. The van der Waals surface area contributed by atoms with E-state index in [0.717, 1.165) is 11.6 Å². The first-order chi connectivity index (χ1) is 13.3. The lowest BCUT2D eigenvalue weighted by atomic mass is 9.61. The Bertz CT molecular complexity index is 970. The van der Waals surface area contributed by atoms with E-state index in [0.29, 0.717) is 17.7 Å². The van der Waals surface area contributed by atoms with Crippen LogP contribution in [0.2, 0.25) is 5.02 Å². The lowest BCUT2D eigenvalue weighted by Crippen LogP contribution is -2.50. The van der Waals surface area contributed by atoms with Crippen molar-refractivity contribution in [2.45, 2.75) is 32.2 Å². The summed E-state index contributed by atoms with van der Waals surface area (Å²) in [5.41, 5.74) is 0.691. The van der Waals surface area contributed by atoms with Gasteiger partial charge in [-0.25, -0.2) is 4.39 Å². The standard InChI is InChI=1S/C22H20ClFN2O2/c1-13-22(2,21(27)28)20(16-9-8-15(24)11-18(16)23)17(12-25)19(26-13)10-14-6-4-3-5-7-14/h3-9,11,13,17,20H,10H2,1-2H3,(H,27,28). The maximum Gasteiger partial charge on any atom is 0.312 e. The normalized spacial score (nSPS) is 27.0. The van der Waals surface area contributed by atoms with E-state index in [2.05, 4.69) is 11.1 Å². The highest BCUT2D eigenvalue weighted by Gasteiger charge is 2.54.